The van der Waals surface area contributed by atoms with Crippen LogP contribution < -0.4 is 0 Å². The minimum absolute atomic E-state index is 0.845. The predicted octanol–water partition coefficient (Wildman–Crippen LogP) is 22.1. The molecule has 14 heterocycles. The zero-order valence-corrected chi connectivity index (χ0v) is 55.4. The lowest BCUT2D eigenvalue weighted by Crippen LogP contribution is -1.75. The number of hydrogen-bond donors (Lipinski definition) is 3. The van der Waals surface area contributed by atoms with E-state index in [0.717, 1.165) is 60.7 Å². The van der Waals surface area contributed by atoms with Gasteiger partial charge in [-0.15, -0.1) is 11.3 Å². The number of imidazole rings is 2. The van der Waals surface area contributed by atoms with Crippen LogP contribution in [-0.4, -0.2) is 58.6 Å². The highest BCUT2D eigenvalue weighted by Crippen LogP contribution is 2.18. The number of furan rings is 1. The summed E-state index contributed by atoms with van der Waals surface area (Å²) < 4.78 is 15.4. The molecular formula is C73H94N12O2S. The van der Waals surface area contributed by atoms with Gasteiger partial charge in [0.05, 0.1) is 57.4 Å². The van der Waals surface area contributed by atoms with Crippen molar-refractivity contribution in [1.82, 2.24) is 58.6 Å². The number of nitrogens with one attached hydrogen (secondary N) is 3. The SMILES string of the molecule is CC.CC.CC.CC.CC.CC.CC.CC.c1cc2[nH]ccc2cn1.c1cc2ccsc2cn1.c1ccc2[nH]cnc2c1.c1ccc2ocnc2c1.c1ccn2cccc2c1.c1ccn2cncc2c1.c1cnc2cc[nH]c2c1.c1cnc2ccoc2c1. The lowest BCUT2D eigenvalue weighted by molar-refractivity contribution is 0.602. The number of aromatic nitrogens is 12. The molecular weight excluding hydrogens is 1110 g/mol. The smallest absolute Gasteiger partial charge is 0.181 e. The van der Waals surface area contributed by atoms with Crippen molar-refractivity contribution >= 4 is 87.6 Å². The van der Waals surface area contributed by atoms with E-state index in [1.807, 2.05) is 310 Å². The Hall–Kier alpha value is -9.99. The fourth-order valence-electron chi connectivity index (χ4n) is 6.91. The second-order valence-corrected chi connectivity index (χ2v) is 16.2. The molecule has 0 fully saturated rings. The Morgan fingerprint density at radius 2 is 0.909 bits per heavy atom. The van der Waals surface area contributed by atoms with Crippen molar-refractivity contribution < 1.29 is 8.83 Å². The number of rotatable bonds is 0. The van der Waals surface area contributed by atoms with Gasteiger partial charge in [0.15, 0.2) is 17.6 Å². The first-order valence-corrected chi connectivity index (χ1v) is 31.5. The van der Waals surface area contributed by atoms with E-state index in [0.29, 0.717) is 0 Å². The molecule has 0 aliphatic rings. The largest absolute Gasteiger partial charge is 0.463 e. The number of pyridine rings is 6. The summed E-state index contributed by atoms with van der Waals surface area (Å²) >= 11 is 1.72. The zero-order chi connectivity index (χ0) is 64.8. The number of benzene rings is 2. The molecule has 88 heavy (non-hydrogen) atoms. The summed E-state index contributed by atoms with van der Waals surface area (Å²) in [5.74, 6) is 0. The molecule has 2 aromatic carbocycles. The summed E-state index contributed by atoms with van der Waals surface area (Å²) in [6.45, 7) is 32.0. The third kappa shape index (κ3) is 26.9. The summed E-state index contributed by atoms with van der Waals surface area (Å²) in [5.41, 5.74) is 11.3. The molecule has 14 aromatic heterocycles. The number of oxazole rings is 1. The van der Waals surface area contributed by atoms with E-state index < -0.39 is 0 Å². The lowest BCUT2D eigenvalue weighted by Gasteiger charge is -1.88. The van der Waals surface area contributed by atoms with Crippen LogP contribution in [0.2, 0.25) is 0 Å². The van der Waals surface area contributed by atoms with Gasteiger partial charge in [0, 0.05) is 90.7 Å². The molecule has 14 nitrogen and oxygen atoms in total. The van der Waals surface area contributed by atoms with Crippen molar-refractivity contribution in [3.63, 3.8) is 0 Å². The van der Waals surface area contributed by atoms with Crippen LogP contribution in [0.15, 0.2) is 272 Å². The summed E-state index contributed by atoms with van der Waals surface area (Å²) in [7, 11) is 0. The molecule has 16 aromatic rings. The number of aromatic amines is 3. The van der Waals surface area contributed by atoms with Gasteiger partial charge in [-0.05, 0) is 126 Å². The molecule has 0 bridgehead atoms. The summed E-state index contributed by atoms with van der Waals surface area (Å²) in [4.78, 5) is 37.2. The number of H-pyrrole nitrogens is 3. The summed E-state index contributed by atoms with van der Waals surface area (Å²) in [5, 5.41) is 4.53. The van der Waals surface area contributed by atoms with Crippen LogP contribution in [0.1, 0.15) is 111 Å². The van der Waals surface area contributed by atoms with E-state index in [1.54, 1.807) is 48.8 Å². The lowest BCUT2D eigenvalue weighted by atomic mass is 10.3. The second kappa shape index (κ2) is 50.3. The predicted molar refractivity (Wildman–Crippen MR) is 379 cm³/mol. The van der Waals surface area contributed by atoms with E-state index in [2.05, 4.69) is 77.8 Å². The van der Waals surface area contributed by atoms with Crippen molar-refractivity contribution in [2.24, 2.45) is 0 Å². The summed E-state index contributed by atoms with van der Waals surface area (Å²) in [6, 6.07) is 51.4. The van der Waals surface area contributed by atoms with Gasteiger partial charge in [0.1, 0.15) is 11.0 Å². The van der Waals surface area contributed by atoms with Crippen molar-refractivity contribution in [3.05, 3.63) is 263 Å². The molecule has 0 spiro atoms. The molecule has 464 valence electrons. The maximum absolute atomic E-state index is 5.06. The van der Waals surface area contributed by atoms with Gasteiger partial charge in [0.2, 0.25) is 0 Å². The number of para-hydroxylation sites is 4. The molecule has 0 saturated carbocycles. The standard InChI is InChI=1S/C8H7N.4C7H6N2.2C7H5NO.C7H5NS.8C2H6/c1-2-6-9-7-3-5-8(9)4-1;1-4-9-7-2-3-8-5-6(1)7;1-2-6-7(8-4-1)3-5-9-6;1-2-4-9-6-8-5-7(9)3-1;1-2-4-7-6(3-1)8-5-9-7;1-2-7-6(8-4-1)3-5-9-7;1-2-4-7-6(3-1)8-5-9-7;1-3-8-5-7-6(1)2-4-9-7;8*1-2/h1-7H;2*1-5,9H;1-6H;1-5H,(H,8,9);3*1-5H;8*1-2H3. The Balaban J connectivity index is 0.000000486. The summed E-state index contributed by atoms with van der Waals surface area (Å²) in [6.07, 6.45) is 29.1. The number of nitrogens with zero attached hydrogens (tertiary/aromatic N) is 9. The van der Waals surface area contributed by atoms with E-state index in [-0.39, 0.29) is 0 Å². The average molecular weight is 1200 g/mol. The first-order valence-electron chi connectivity index (χ1n) is 30.6. The topological polar surface area (TPSA) is 173 Å². The highest BCUT2D eigenvalue weighted by Gasteiger charge is 1.94. The maximum Gasteiger partial charge on any atom is 0.181 e. The van der Waals surface area contributed by atoms with Crippen LogP contribution in [0.25, 0.3) is 76.3 Å². The van der Waals surface area contributed by atoms with Crippen molar-refractivity contribution in [1.29, 1.82) is 0 Å². The maximum atomic E-state index is 5.06. The molecule has 0 unspecified atom stereocenters. The monoisotopic (exact) mass is 1200 g/mol. The van der Waals surface area contributed by atoms with Crippen LogP contribution in [0.3, 0.4) is 0 Å². The van der Waals surface area contributed by atoms with Crippen LogP contribution in [0.5, 0.6) is 0 Å². The highest BCUT2D eigenvalue weighted by atomic mass is 32.1. The van der Waals surface area contributed by atoms with Crippen LogP contribution in [0, 0.1) is 0 Å². The Morgan fingerprint density at radius 3 is 1.59 bits per heavy atom. The quantitative estimate of drug-likeness (QED) is 0.134. The van der Waals surface area contributed by atoms with E-state index in [9.17, 15) is 0 Å². The minimum atomic E-state index is 0.845. The minimum Gasteiger partial charge on any atom is -0.463 e. The molecule has 0 aliphatic heterocycles. The fraction of sp³-hybridized carbons (Fsp3) is 0.219. The Kier molecular flexibility index (Phi) is 43.5. The first-order chi connectivity index (χ1) is 43.7. The number of hydrogen-bond acceptors (Lipinski definition) is 10. The molecule has 0 saturated heterocycles. The Bertz CT molecular complexity index is 3060. The van der Waals surface area contributed by atoms with Gasteiger partial charge < -0.3 is 32.6 Å². The third-order valence-corrected chi connectivity index (χ3v) is 11.3. The normalized spacial score (nSPS) is 8.91. The van der Waals surface area contributed by atoms with Crippen LogP contribution >= 0.6 is 11.3 Å². The van der Waals surface area contributed by atoms with Gasteiger partial charge in [-0.25, -0.2) is 15.0 Å². The van der Waals surface area contributed by atoms with Gasteiger partial charge in [0.25, 0.3) is 0 Å². The molecule has 0 amide bonds. The van der Waals surface area contributed by atoms with E-state index >= 15 is 0 Å². The number of thiophene rings is 1. The third-order valence-electron chi connectivity index (χ3n) is 10.5. The van der Waals surface area contributed by atoms with Crippen molar-refractivity contribution in [2.45, 2.75) is 111 Å². The molecule has 15 heteroatoms. The number of fused-ring (bicyclic) bond motifs is 8. The Labute approximate surface area is 525 Å². The highest BCUT2D eigenvalue weighted by molar-refractivity contribution is 7.17. The van der Waals surface area contributed by atoms with Crippen molar-refractivity contribution in [3.8, 4) is 0 Å². The zero-order valence-electron chi connectivity index (χ0n) is 54.6. The van der Waals surface area contributed by atoms with Gasteiger partial charge in [-0.1, -0.05) is 147 Å². The van der Waals surface area contributed by atoms with Gasteiger partial charge in [-0.3, -0.25) is 19.9 Å². The molecule has 16 rings (SSSR count). The molecule has 3 N–H and O–H groups in total. The van der Waals surface area contributed by atoms with E-state index in [4.69, 9.17) is 8.83 Å². The fourth-order valence-corrected chi connectivity index (χ4v) is 7.67. The molecule has 0 atom stereocenters. The van der Waals surface area contributed by atoms with Gasteiger partial charge >= 0.3 is 0 Å². The first kappa shape index (κ1) is 76.0. The van der Waals surface area contributed by atoms with Gasteiger partial charge in [-0.2, -0.15) is 0 Å². The van der Waals surface area contributed by atoms with Crippen LogP contribution in [0.4, 0.5) is 0 Å². The van der Waals surface area contributed by atoms with E-state index in [1.165, 1.54) is 22.0 Å². The molecule has 0 aliphatic carbocycles. The second-order valence-electron chi connectivity index (χ2n) is 15.2. The Morgan fingerprint density at radius 1 is 0.364 bits per heavy atom. The molecule has 0 radical (unpaired) electrons. The van der Waals surface area contributed by atoms with Crippen molar-refractivity contribution in [2.75, 3.05) is 0 Å². The van der Waals surface area contributed by atoms with Crippen LogP contribution in [-0.2, 0) is 0 Å². The average Bonchev–Trinajstić information content (AvgIpc) is 4.55.